The maximum absolute atomic E-state index is 12.6. The average Bonchev–Trinajstić information content (AvgIpc) is 3.31. The van der Waals surface area contributed by atoms with Gasteiger partial charge in [-0.3, -0.25) is 14.9 Å². The van der Waals surface area contributed by atoms with Crippen LogP contribution in [0.15, 0.2) is 52.9 Å². The third-order valence-electron chi connectivity index (χ3n) is 3.85. The monoisotopic (exact) mass is 416 g/mol. The molecule has 4 rings (SSSR count). The number of nitrogens with zero attached hydrogens (tertiary/aromatic N) is 3. The Hall–Kier alpha value is -2.55. The van der Waals surface area contributed by atoms with Gasteiger partial charge in [0.25, 0.3) is 5.91 Å². The molecule has 1 aromatic carbocycles. The van der Waals surface area contributed by atoms with E-state index in [1.165, 1.54) is 27.7 Å². The molecule has 0 saturated heterocycles. The molecule has 0 bridgehead atoms. The number of benzene rings is 1. The molecule has 0 saturated carbocycles. The van der Waals surface area contributed by atoms with Crippen molar-refractivity contribution in [2.75, 3.05) is 10.3 Å². The molecule has 9 heteroatoms. The lowest BCUT2D eigenvalue weighted by molar-refractivity contribution is -0.118. The summed E-state index contributed by atoms with van der Waals surface area (Å²) in [5.74, 6) is -0.489. The van der Waals surface area contributed by atoms with Gasteiger partial charge in [-0.1, -0.05) is 29.8 Å². The highest BCUT2D eigenvalue weighted by Gasteiger charge is 2.26. The molecular formula is C18H13ClN4O2S2. The highest BCUT2D eigenvalue weighted by Crippen LogP contribution is 2.33. The Morgan fingerprint density at radius 1 is 1.15 bits per heavy atom. The van der Waals surface area contributed by atoms with Gasteiger partial charge in [0.05, 0.1) is 20.6 Å². The van der Waals surface area contributed by atoms with Gasteiger partial charge < -0.3 is 0 Å². The predicted molar refractivity (Wildman–Crippen MR) is 110 cm³/mol. The van der Waals surface area contributed by atoms with Crippen LogP contribution >= 0.6 is 34.3 Å². The first kappa shape index (κ1) is 17.8. The number of hydrogen-bond donors (Lipinski definition) is 1. The minimum atomic E-state index is -0.353. The molecule has 1 N–H and O–H groups in total. The topological polar surface area (TPSA) is 74.7 Å². The number of amides is 2. The van der Waals surface area contributed by atoms with E-state index in [-0.39, 0.29) is 18.2 Å². The van der Waals surface area contributed by atoms with E-state index in [2.05, 4.69) is 15.4 Å². The Labute approximate surface area is 168 Å². The van der Waals surface area contributed by atoms with Gasteiger partial charge in [-0.05, 0) is 24.3 Å². The van der Waals surface area contributed by atoms with Gasteiger partial charge in [0, 0.05) is 18.2 Å². The van der Waals surface area contributed by atoms with Crippen molar-refractivity contribution in [3.8, 4) is 10.6 Å². The van der Waals surface area contributed by atoms with E-state index in [4.69, 9.17) is 11.6 Å². The fourth-order valence-electron chi connectivity index (χ4n) is 2.55. The minimum Gasteiger partial charge on any atom is -0.297 e. The van der Waals surface area contributed by atoms with Crippen molar-refractivity contribution >= 4 is 62.6 Å². The molecular weight excluding hydrogens is 404 g/mol. The molecule has 3 heterocycles. The molecule has 0 unspecified atom stereocenters. The molecule has 136 valence electrons. The number of nitrogens with one attached hydrogen (secondary N) is 1. The van der Waals surface area contributed by atoms with Gasteiger partial charge in [-0.2, -0.15) is 5.10 Å². The number of hydrogen-bond acceptors (Lipinski definition) is 6. The molecule has 1 aliphatic rings. The highest BCUT2D eigenvalue weighted by atomic mass is 35.5. The number of anilines is 2. The molecule has 0 fully saturated rings. The van der Waals surface area contributed by atoms with Crippen molar-refractivity contribution in [2.45, 2.75) is 12.8 Å². The van der Waals surface area contributed by atoms with Crippen LogP contribution in [0.3, 0.4) is 0 Å². The van der Waals surface area contributed by atoms with Crippen LogP contribution in [0.2, 0.25) is 4.34 Å². The van der Waals surface area contributed by atoms with E-state index in [1.54, 1.807) is 12.1 Å². The molecule has 27 heavy (non-hydrogen) atoms. The van der Waals surface area contributed by atoms with E-state index in [1.807, 2.05) is 35.7 Å². The predicted octanol–water partition coefficient (Wildman–Crippen LogP) is 4.65. The number of hydrazone groups is 1. The van der Waals surface area contributed by atoms with Gasteiger partial charge in [-0.15, -0.1) is 22.7 Å². The average molecular weight is 417 g/mol. The van der Waals surface area contributed by atoms with Crippen LogP contribution in [0.4, 0.5) is 10.8 Å². The Balaban J connectivity index is 1.51. The number of halogens is 1. The second-order valence-electron chi connectivity index (χ2n) is 5.68. The first-order valence-corrected chi connectivity index (χ1v) is 10.2. The fraction of sp³-hybridized carbons (Fsp3) is 0.111. The van der Waals surface area contributed by atoms with Gasteiger partial charge in [-0.25, -0.2) is 9.99 Å². The third-order valence-corrected chi connectivity index (χ3v) is 5.86. The smallest absolute Gasteiger partial charge is 0.273 e. The standard InChI is InChI=1S/C18H13ClN4O2S2/c19-15-8-7-14(27-15)13-10-26-18(20-13)21-17(25)12-6-9-16(24)23(22-12)11-4-2-1-3-5-11/h1-5,7-8,10H,6,9H2,(H,20,21,25). The quantitative estimate of drug-likeness (QED) is 0.672. The van der Waals surface area contributed by atoms with Crippen molar-refractivity contribution in [3.05, 3.63) is 52.2 Å². The summed E-state index contributed by atoms with van der Waals surface area (Å²) in [4.78, 5) is 30.1. The third kappa shape index (κ3) is 3.92. The number of carbonyl (C=O) groups is 2. The summed E-state index contributed by atoms with van der Waals surface area (Å²) in [5.41, 5.74) is 1.70. The normalized spacial score (nSPS) is 14.2. The molecule has 2 amide bonds. The Morgan fingerprint density at radius 3 is 2.70 bits per heavy atom. The lowest BCUT2D eigenvalue weighted by Crippen LogP contribution is -2.36. The van der Waals surface area contributed by atoms with E-state index in [9.17, 15) is 9.59 Å². The molecule has 1 aliphatic heterocycles. The second kappa shape index (κ2) is 7.59. The van der Waals surface area contributed by atoms with Crippen molar-refractivity contribution in [3.63, 3.8) is 0 Å². The number of aromatic nitrogens is 1. The largest absolute Gasteiger partial charge is 0.297 e. The minimum absolute atomic E-state index is 0.135. The zero-order valence-corrected chi connectivity index (χ0v) is 16.3. The summed E-state index contributed by atoms with van der Waals surface area (Å²) in [7, 11) is 0. The fourth-order valence-corrected chi connectivity index (χ4v) is 4.34. The van der Waals surface area contributed by atoms with Crippen LogP contribution < -0.4 is 10.3 Å². The van der Waals surface area contributed by atoms with E-state index < -0.39 is 0 Å². The van der Waals surface area contributed by atoms with Crippen LogP contribution in [-0.2, 0) is 9.59 Å². The Kier molecular flexibility index (Phi) is 5.02. The van der Waals surface area contributed by atoms with Crippen molar-refractivity contribution in [2.24, 2.45) is 5.10 Å². The van der Waals surface area contributed by atoms with Crippen molar-refractivity contribution in [1.29, 1.82) is 0 Å². The summed E-state index contributed by atoms with van der Waals surface area (Å²) in [6.45, 7) is 0. The van der Waals surface area contributed by atoms with E-state index in [0.29, 0.717) is 27.3 Å². The maximum atomic E-state index is 12.6. The van der Waals surface area contributed by atoms with Crippen LogP contribution in [0.25, 0.3) is 10.6 Å². The highest BCUT2D eigenvalue weighted by molar-refractivity contribution is 7.20. The molecule has 0 aliphatic carbocycles. The van der Waals surface area contributed by atoms with Crippen molar-refractivity contribution in [1.82, 2.24) is 4.98 Å². The van der Waals surface area contributed by atoms with E-state index in [0.717, 1.165) is 10.6 Å². The number of rotatable bonds is 4. The summed E-state index contributed by atoms with van der Waals surface area (Å²) in [5, 5.41) is 10.6. The first-order valence-electron chi connectivity index (χ1n) is 8.08. The number of para-hydroxylation sites is 1. The van der Waals surface area contributed by atoms with Crippen LogP contribution in [0.5, 0.6) is 0 Å². The van der Waals surface area contributed by atoms with Gasteiger partial charge in [0.2, 0.25) is 5.91 Å². The lowest BCUT2D eigenvalue weighted by Gasteiger charge is -2.22. The van der Waals surface area contributed by atoms with Gasteiger partial charge in [0.15, 0.2) is 5.13 Å². The Morgan fingerprint density at radius 2 is 1.96 bits per heavy atom. The van der Waals surface area contributed by atoms with Gasteiger partial charge >= 0.3 is 0 Å². The zero-order valence-electron chi connectivity index (χ0n) is 13.9. The van der Waals surface area contributed by atoms with E-state index >= 15 is 0 Å². The molecule has 3 aromatic rings. The molecule has 0 radical (unpaired) electrons. The lowest BCUT2D eigenvalue weighted by atomic mass is 10.1. The Bertz CT molecular complexity index is 1030. The molecule has 6 nitrogen and oxygen atoms in total. The summed E-state index contributed by atoms with van der Waals surface area (Å²) >= 11 is 8.71. The molecule has 2 aromatic heterocycles. The first-order chi connectivity index (χ1) is 13.1. The van der Waals surface area contributed by atoms with Gasteiger partial charge in [0.1, 0.15) is 5.71 Å². The number of thiophene rings is 1. The summed E-state index contributed by atoms with van der Waals surface area (Å²) < 4.78 is 0.686. The zero-order chi connectivity index (χ0) is 18.8. The summed E-state index contributed by atoms with van der Waals surface area (Å²) in [6.07, 6.45) is 0.532. The maximum Gasteiger partial charge on any atom is 0.273 e. The molecule has 0 atom stereocenters. The summed E-state index contributed by atoms with van der Waals surface area (Å²) in [6, 6.07) is 12.8. The second-order valence-corrected chi connectivity index (χ2v) is 8.26. The van der Waals surface area contributed by atoms with Crippen LogP contribution in [-0.4, -0.2) is 22.5 Å². The van der Waals surface area contributed by atoms with Crippen LogP contribution in [0.1, 0.15) is 12.8 Å². The van der Waals surface area contributed by atoms with Crippen LogP contribution in [0, 0.1) is 0 Å². The van der Waals surface area contributed by atoms with Crippen molar-refractivity contribution < 1.29 is 9.59 Å². The molecule has 0 spiro atoms. The number of thiazole rings is 1. The number of carbonyl (C=O) groups excluding carboxylic acids is 2. The SMILES string of the molecule is O=C(Nc1nc(-c2ccc(Cl)s2)cs1)C1=NN(c2ccccc2)C(=O)CC1.